The smallest absolute Gasteiger partial charge is 0.255 e. The van der Waals surface area contributed by atoms with Crippen molar-refractivity contribution in [3.63, 3.8) is 0 Å². The summed E-state index contributed by atoms with van der Waals surface area (Å²) >= 11 is 6.17. The molecule has 2 unspecified atom stereocenters. The Hall–Kier alpha value is -1.59. The van der Waals surface area contributed by atoms with Gasteiger partial charge in [0.15, 0.2) is 0 Å². The minimum Gasteiger partial charge on any atom is -0.352 e. The Kier molecular flexibility index (Phi) is 7.13. The minimum atomic E-state index is -0.0251. The van der Waals surface area contributed by atoms with E-state index in [1.807, 2.05) is 17.0 Å². The maximum Gasteiger partial charge on any atom is 0.255 e. The Morgan fingerprint density at radius 2 is 1.85 bits per heavy atom. The number of hydrogen-bond donors (Lipinski definition) is 1. The van der Waals surface area contributed by atoms with Crippen molar-refractivity contribution in [1.82, 2.24) is 15.1 Å². The monoisotopic (exact) mass is 391 g/mol. The van der Waals surface area contributed by atoms with Gasteiger partial charge in [-0.05, 0) is 37.3 Å². The number of nitrogens with zero attached hydrogens (tertiary/aromatic N) is 2. The lowest BCUT2D eigenvalue weighted by Gasteiger charge is -2.30. The molecule has 1 aromatic rings. The van der Waals surface area contributed by atoms with Crippen molar-refractivity contribution in [1.29, 1.82) is 0 Å². The number of hydrogen-bond acceptors (Lipinski definition) is 3. The van der Waals surface area contributed by atoms with Crippen LogP contribution in [0.15, 0.2) is 24.3 Å². The van der Waals surface area contributed by atoms with E-state index in [2.05, 4.69) is 17.1 Å². The summed E-state index contributed by atoms with van der Waals surface area (Å²) in [5.74, 6) is 0.651. The van der Waals surface area contributed by atoms with E-state index < -0.39 is 0 Å². The van der Waals surface area contributed by atoms with Gasteiger partial charge in [0, 0.05) is 32.2 Å². The number of carbonyl (C=O) groups is 2. The fourth-order valence-corrected chi connectivity index (χ4v) is 4.34. The fraction of sp³-hybridized carbons (Fsp3) is 0.619. The lowest BCUT2D eigenvalue weighted by molar-refractivity contribution is -0.123. The molecule has 1 aromatic carbocycles. The number of rotatable bonds is 4. The molecule has 0 spiro atoms. The summed E-state index contributed by atoms with van der Waals surface area (Å²) in [5.41, 5.74) is 0.552. The van der Waals surface area contributed by atoms with Crippen LogP contribution in [0.3, 0.4) is 0 Å². The molecule has 2 aliphatic rings. The summed E-state index contributed by atoms with van der Waals surface area (Å²) in [4.78, 5) is 29.2. The van der Waals surface area contributed by atoms with Gasteiger partial charge < -0.3 is 10.2 Å². The summed E-state index contributed by atoms with van der Waals surface area (Å²) in [7, 11) is 0. The third kappa shape index (κ3) is 5.45. The van der Waals surface area contributed by atoms with Gasteiger partial charge in [-0.2, -0.15) is 0 Å². The Morgan fingerprint density at radius 1 is 1.07 bits per heavy atom. The maximum atomic E-state index is 12.7. The lowest BCUT2D eigenvalue weighted by atomic mass is 9.86. The molecule has 6 heteroatoms. The van der Waals surface area contributed by atoms with Gasteiger partial charge in [-0.1, -0.05) is 43.5 Å². The molecule has 2 atom stereocenters. The Bertz CT molecular complexity index is 667. The molecule has 1 N–H and O–H groups in total. The Balaban J connectivity index is 1.50. The van der Waals surface area contributed by atoms with Crippen LogP contribution in [-0.4, -0.2) is 60.4 Å². The van der Waals surface area contributed by atoms with Crippen molar-refractivity contribution < 1.29 is 9.59 Å². The van der Waals surface area contributed by atoms with Gasteiger partial charge >= 0.3 is 0 Å². The summed E-state index contributed by atoms with van der Waals surface area (Å²) in [6.07, 6.45) is 5.64. The highest BCUT2D eigenvalue weighted by atomic mass is 35.5. The predicted molar refractivity (Wildman–Crippen MR) is 108 cm³/mol. The van der Waals surface area contributed by atoms with Gasteiger partial charge in [0.2, 0.25) is 5.91 Å². The molecule has 1 heterocycles. The second-order valence-corrected chi connectivity index (χ2v) is 8.24. The van der Waals surface area contributed by atoms with E-state index in [1.165, 1.54) is 19.3 Å². The largest absolute Gasteiger partial charge is 0.352 e. The highest BCUT2D eigenvalue weighted by Crippen LogP contribution is 2.23. The van der Waals surface area contributed by atoms with Crippen molar-refractivity contribution in [2.24, 2.45) is 5.92 Å². The van der Waals surface area contributed by atoms with E-state index in [0.717, 1.165) is 19.4 Å². The summed E-state index contributed by atoms with van der Waals surface area (Å²) in [6, 6.07) is 7.49. The highest BCUT2D eigenvalue weighted by molar-refractivity contribution is 6.33. The molecule has 27 heavy (non-hydrogen) atoms. The molecule has 0 bridgehead atoms. The van der Waals surface area contributed by atoms with Gasteiger partial charge in [-0.25, -0.2) is 0 Å². The van der Waals surface area contributed by atoms with Crippen molar-refractivity contribution in [2.45, 2.75) is 45.1 Å². The molecule has 0 radical (unpaired) electrons. The molecule has 2 amide bonds. The molecule has 1 saturated carbocycles. The molecule has 2 fully saturated rings. The number of carbonyl (C=O) groups excluding carboxylic acids is 2. The van der Waals surface area contributed by atoms with Crippen LogP contribution in [0.4, 0.5) is 0 Å². The van der Waals surface area contributed by atoms with Crippen LogP contribution in [0.1, 0.15) is 49.4 Å². The van der Waals surface area contributed by atoms with Gasteiger partial charge in [0.1, 0.15) is 0 Å². The number of halogens is 1. The standard InChI is InChI=1S/C21H30ClN3O2/c1-16-7-2-5-10-19(16)23-20(26)15-24-11-6-12-25(14-13-24)21(27)17-8-3-4-9-18(17)22/h3-4,8-9,16,19H,2,5-7,10-15H2,1H3,(H,23,26). The van der Waals surface area contributed by atoms with Crippen molar-refractivity contribution in [3.05, 3.63) is 34.9 Å². The second-order valence-electron chi connectivity index (χ2n) is 7.84. The zero-order valence-electron chi connectivity index (χ0n) is 16.1. The normalized spacial score (nSPS) is 24.3. The first-order valence-corrected chi connectivity index (χ1v) is 10.5. The quantitative estimate of drug-likeness (QED) is 0.857. The molecular formula is C21H30ClN3O2. The lowest BCUT2D eigenvalue weighted by Crippen LogP contribution is -2.46. The third-order valence-corrected chi connectivity index (χ3v) is 6.13. The average Bonchev–Trinajstić information content (AvgIpc) is 2.89. The zero-order chi connectivity index (χ0) is 19.2. The van der Waals surface area contributed by atoms with Crippen molar-refractivity contribution >= 4 is 23.4 Å². The van der Waals surface area contributed by atoms with E-state index in [-0.39, 0.29) is 11.8 Å². The van der Waals surface area contributed by atoms with Crippen LogP contribution in [0.5, 0.6) is 0 Å². The Labute approximate surface area is 167 Å². The predicted octanol–water partition coefficient (Wildman–Crippen LogP) is 3.18. The minimum absolute atomic E-state index is 0.0251. The maximum absolute atomic E-state index is 12.7. The second kappa shape index (κ2) is 9.56. The molecule has 5 nitrogen and oxygen atoms in total. The summed E-state index contributed by atoms with van der Waals surface area (Å²) in [6.45, 7) is 5.51. The van der Waals surface area contributed by atoms with Crippen LogP contribution in [0.25, 0.3) is 0 Å². The van der Waals surface area contributed by atoms with E-state index >= 15 is 0 Å². The number of benzene rings is 1. The van der Waals surface area contributed by atoms with Crippen LogP contribution >= 0.6 is 11.6 Å². The van der Waals surface area contributed by atoms with Crippen LogP contribution in [-0.2, 0) is 4.79 Å². The first-order chi connectivity index (χ1) is 13.0. The van der Waals surface area contributed by atoms with Crippen molar-refractivity contribution in [2.75, 3.05) is 32.7 Å². The van der Waals surface area contributed by atoms with E-state index in [1.54, 1.807) is 12.1 Å². The van der Waals surface area contributed by atoms with Gasteiger partial charge in [0.25, 0.3) is 5.91 Å². The summed E-state index contributed by atoms with van der Waals surface area (Å²) in [5, 5.41) is 3.72. The van der Waals surface area contributed by atoms with E-state index in [4.69, 9.17) is 11.6 Å². The first-order valence-electron chi connectivity index (χ1n) is 10.1. The molecule has 1 aliphatic carbocycles. The zero-order valence-corrected chi connectivity index (χ0v) is 16.9. The van der Waals surface area contributed by atoms with Crippen molar-refractivity contribution in [3.8, 4) is 0 Å². The molecule has 148 valence electrons. The number of nitrogens with one attached hydrogen (secondary N) is 1. The highest BCUT2D eigenvalue weighted by Gasteiger charge is 2.25. The summed E-state index contributed by atoms with van der Waals surface area (Å²) < 4.78 is 0. The van der Waals surface area contributed by atoms with Crippen LogP contribution in [0, 0.1) is 5.92 Å². The number of amides is 2. The van der Waals surface area contributed by atoms with E-state index in [9.17, 15) is 9.59 Å². The van der Waals surface area contributed by atoms with Gasteiger partial charge in [-0.15, -0.1) is 0 Å². The van der Waals surface area contributed by atoms with E-state index in [0.29, 0.717) is 48.7 Å². The molecule has 1 saturated heterocycles. The molecule has 1 aliphatic heterocycles. The Morgan fingerprint density at radius 3 is 2.63 bits per heavy atom. The SMILES string of the molecule is CC1CCCCC1NC(=O)CN1CCCN(C(=O)c2ccccc2Cl)CC1. The topological polar surface area (TPSA) is 52.7 Å². The molecular weight excluding hydrogens is 362 g/mol. The fourth-order valence-electron chi connectivity index (χ4n) is 4.12. The molecule has 0 aromatic heterocycles. The third-order valence-electron chi connectivity index (χ3n) is 5.81. The average molecular weight is 392 g/mol. The van der Waals surface area contributed by atoms with Gasteiger partial charge in [0.05, 0.1) is 17.1 Å². The first kappa shape index (κ1) is 20.2. The van der Waals surface area contributed by atoms with Crippen LogP contribution < -0.4 is 5.32 Å². The van der Waals surface area contributed by atoms with Crippen LogP contribution in [0.2, 0.25) is 5.02 Å². The van der Waals surface area contributed by atoms with Gasteiger partial charge in [-0.3, -0.25) is 14.5 Å². The molecule has 3 rings (SSSR count).